The summed E-state index contributed by atoms with van der Waals surface area (Å²) in [7, 11) is 0. The van der Waals surface area contributed by atoms with Crippen LogP contribution in [0.1, 0.15) is 29.6 Å². The first-order chi connectivity index (χ1) is 9.10. The van der Waals surface area contributed by atoms with Crippen LogP contribution in [0.25, 0.3) is 0 Å². The van der Waals surface area contributed by atoms with Crippen LogP contribution in [0.2, 0.25) is 0 Å². The third-order valence-electron chi connectivity index (χ3n) is 2.82. The molecule has 6 nitrogen and oxygen atoms in total. The number of nitrogens with one attached hydrogen (secondary N) is 2. The fourth-order valence-corrected chi connectivity index (χ4v) is 1.83. The predicted molar refractivity (Wildman–Crippen MR) is 74.2 cm³/mol. The van der Waals surface area contributed by atoms with Gasteiger partial charge in [0.25, 0.3) is 0 Å². The largest absolute Gasteiger partial charge is 0.366 e. The summed E-state index contributed by atoms with van der Waals surface area (Å²) in [6.45, 7) is 9.25. The fraction of sp³-hybridized carbons (Fsp3) is 0.462. The van der Waals surface area contributed by atoms with Crippen LogP contribution in [0, 0.1) is 20.8 Å². The molecule has 0 aromatic carbocycles. The van der Waals surface area contributed by atoms with Crippen LogP contribution >= 0.6 is 0 Å². The van der Waals surface area contributed by atoms with Crippen LogP contribution < -0.4 is 10.6 Å². The Hall–Kier alpha value is -2.11. The molecule has 0 bridgehead atoms. The topological polar surface area (TPSA) is 75.9 Å². The Bertz CT molecular complexity index is 545. The van der Waals surface area contributed by atoms with E-state index in [2.05, 4.69) is 25.8 Å². The molecule has 2 heterocycles. The average Bonchev–Trinajstić information content (AvgIpc) is 2.66. The molecule has 0 fully saturated rings. The SMILES string of the molecule is CCNc1nc(C)cc(NCc2c(C)noc2C)n1. The molecule has 0 spiro atoms. The Morgan fingerprint density at radius 1 is 1.16 bits per heavy atom. The molecule has 0 radical (unpaired) electrons. The summed E-state index contributed by atoms with van der Waals surface area (Å²) in [5, 5.41) is 10.3. The lowest BCUT2D eigenvalue weighted by Crippen LogP contribution is -2.08. The zero-order valence-corrected chi connectivity index (χ0v) is 11.7. The van der Waals surface area contributed by atoms with E-state index in [1.807, 2.05) is 33.8 Å². The van der Waals surface area contributed by atoms with Gasteiger partial charge in [0.1, 0.15) is 11.6 Å². The van der Waals surface area contributed by atoms with Crippen LogP contribution in [0.3, 0.4) is 0 Å². The summed E-state index contributed by atoms with van der Waals surface area (Å²) in [4.78, 5) is 8.71. The predicted octanol–water partition coefficient (Wildman–Crippen LogP) is 2.43. The minimum absolute atomic E-state index is 0.642. The molecule has 19 heavy (non-hydrogen) atoms. The Labute approximate surface area is 112 Å². The monoisotopic (exact) mass is 261 g/mol. The Balaban J connectivity index is 2.11. The van der Waals surface area contributed by atoms with Crippen molar-refractivity contribution >= 4 is 11.8 Å². The van der Waals surface area contributed by atoms with E-state index in [9.17, 15) is 0 Å². The van der Waals surface area contributed by atoms with E-state index in [0.29, 0.717) is 12.5 Å². The first kappa shape index (κ1) is 13.3. The molecule has 2 N–H and O–H groups in total. The summed E-state index contributed by atoms with van der Waals surface area (Å²) in [5.41, 5.74) is 2.90. The number of aromatic nitrogens is 3. The molecule has 0 aliphatic carbocycles. The van der Waals surface area contributed by atoms with Gasteiger partial charge < -0.3 is 15.2 Å². The number of hydrogen-bond donors (Lipinski definition) is 2. The van der Waals surface area contributed by atoms with Crippen molar-refractivity contribution in [3.63, 3.8) is 0 Å². The van der Waals surface area contributed by atoms with E-state index in [0.717, 1.165) is 35.1 Å². The van der Waals surface area contributed by atoms with Crippen LogP contribution in [0.5, 0.6) is 0 Å². The second-order valence-electron chi connectivity index (χ2n) is 4.40. The lowest BCUT2D eigenvalue weighted by atomic mass is 10.2. The molecule has 0 amide bonds. The smallest absolute Gasteiger partial charge is 0.224 e. The fourth-order valence-electron chi connectivity index (χ4n) is 1.83. The number of hydrogen-bond acceptors (Lipinski definition) is 6. The molecule has 2 aromatic heterocycles. The number of rotatable bonds is 5. The lowest BCUT2D eigenvalue weighted by molar-refractivity contribution is 0.392. The second kappa shape index (κ2) is 5.69. The van der Waals surface area contributed by atoms with Gasteiger partial charge in [-0.3, -0.25) is 0 Å². The van der Waals surface area contributed by atoms with Crippen molar-refractivity contribution in [3.8, 4) is 0 Å². The van der Waals surface area contributed by atoms with Crippen molar-refractivity contribution in [1.82, 2.24) is 15.1 Å². The molecular weight excluding hydrogens is 242 g/mol. The molecule has 2 rings (SSSR count). The van der Waals surface area contributed by atoms with Gasteiger partial charge in [-0.2, -0.15) is 4.98 Å². The van der Waals surface area contributed by atoms with E-state index in [4.69, 9.17) is 4.52 Å². The minimum Gasteiger partial charge on any atom is -0.366 e. The Morgan fingerprint density at radius 3 is 2.58 bits per heavy atom. The van der Waals surface area contributed by atoms with Gasteiger partial charge in [-0.25, -0.2) is 4.98 Å². The highest BCUT2D eigenvalue weighted by molar-refractivity contribution is 5.43. The van der Waals surface area contributed by atoms with Gasteiger partial charge in [-0.1, -0.05) is 5.16 Å². The van der Waals surface area contributed by atoms with Gasteiger partial charge in [0.2, 0.25) is 5.95 Å². The van der Waals surface area contributed by atoms with Crippen LogP contribution in [-0.2, 0) is 6.54 Å². The first-order valence-corrected chi connectivity index (χ1v) is 6.35. The maximum absolute atomic E-state index is 5.13. The van der Waals surface area contributed by atoms with Crippen molar-refractivity contribution in [1.29, 1.82) is 0 Å². The van der Waals surface area contributed by atoms with E-state index < -0.39 is 0 Å². The van der Waals surface area contributed by atoms with E-state index in [1.54, 1.807) is 0 Å². The Kier molecular flexibility index (Phi) is 3.99. The van der Waals surface area contributed by atoms with Gasteiger partial charge in [0, 0.05) is 30.4 Å². The number of aryl methyl sites for hydroxylation is 3. The van der Waals surface area contributed by atoms with Crippen LogP contribution in [-0.4, -0.2) is 21.7 Å². The van der Waals surface area contributed by atoms with Crippen molar-refractivity contribution < 1.29 is 4.52 Å². The van der Waals surface area contributed by atoms with Gasteiger partial charge in [0.05, 0.1) is 5.69 Å². The van der Waals surface area contributed by atoms with Gasteiger partial charge in [-0.05, 0) is 27.7 Å². The first-order valence-electron chi connectivity index (χ1n) is 6.35. The molecule has 102 valence electrons. The lowest BCUT2D eigenvalue weighted by Gasteiger charge is -2.08. The standard InChI is InChI=1S/C13H19N5O/c1-5-14-13-16-8(2)6-12(17-13)15-7-11-9(3)18-19-10(11)4/h6H,5,7H2,1-4H3,(H2,14,15,16,17). The summed E-state index contributed by atoms with van der Waals surface area (Å²) in [6.07, 6.45) is 0. The summed E-state index contributed by atoms with van der Waals surface area (Å²) in [6, 6.07) is 1.92. The maximum Gasteiger partial charge on any atom is 0.224 e. The molecule has 0 aliphatic heterocycles. The van der Waals surface area contributed by atoms with Gasteiger partial charge >= 0.3 is 0 Å². The molecule has 0 atom stereocenters. The highest BCUT2D eigenvalue weighted by Gasteiger charge is 2.09. The highest BCUT2D eigenvalue weighted by atomic mass is 16.5. The van der Waals surface area contributed by atoms with E-state index in [1.165, 1.54) is 0 Å². The zero-order chi connectivity index (χ0) is 13.8. The van der Waals surface area contributed by atoms with Crippen LogP contribution in [0.4, 0.5) is 11.8 Å². The molecular formula is C13H19N5O. The number of anilines is 2. The summed E-state index contributed by atoms with van der Waals surface area (Å²) in [5.74, 6) is 2.27. The molecule has 0 unspecified atom stereocenters. The average molecular weight is 261 g/mol. The van der Waals surface area contributed by atoms with Gasteiger partial charge in [-0.15, -0.1) is 0 Å². The van der Waals surface area contributed by atoms with E-state index >= 15 is 0 Å². The molecule has 6 heteroatoms. The summed E-state index contributed by atoms with van der Waals surface area (Å²) >= 11 is 0. The normalized spacial score (nSPS) is 10.5. The molecule has 0 saturated heterocycles. The zero-order valence-electron chi connectivity index (χ0n) is 11.7. The van der Waals surface area contributed by atoms with Crippen LogP contribution in [0.15, 0.2) is 10.6 Å². The maximum atomic E-state index is 5.13. The Morgan fingerprint density at radius 2 is 1.95 bits per heavy atom. The van der Waals surface area contributed by atoms with Gasteiger partial charge in [0.15, 0.2) is 0 Å². The molecule has 0 saturated carbocycles. The van der Waals surface area contributed by atoms with Crippen molar-refractivity contribution in [3.05, 3.63) is 28.8 Å². The quantitative estimate of drug-likeness (QED) is 0.861. The third kappa shape index (κ3) is 3.21. The molecule has 0 aliphatic rings. The second-order valence-corrected chi connectivity index (χ2v) is 4.40. The summed E-state index contributed by atoms with van der Waals surface area (Å²) < 4.78 is 5.13. The third-order valence-corrected chi connectivity index (χ3v) is 2.82. The van der Waals surface area contributed by atoms with Crippen molar-refractivity contribution in [2.24, 2.45) is 0 Å². The van der Waals surface area contributed by atoms with E-state index in [-0.39, 0.29) is 0 Å². The minimum atomic E-state index is 0.642. The van der Waals surface area contributed by atoms with Crippen molar-refractivity contribution in [2.75, 3.05) is 17.2 Å². The molecule has 2 aromatic rings. The number of nitrogens with zero attached hydrogens (tertiary/aromatic N) is 3. The van der Waals surface area contributed by atoms with Crippen molar-refractivity contribution in [2.45, 2.75) is 34.2 Å². The highest BCUT2D eigenvalue weighted by Crippen LogP contribution is 2.15.